The number of rotatable bonds is 5. The van der Waals surface area contributed by atoms with Crippen molar-refractivity contribution < 1.29 is 0 Å². The van der Waals surface area contributed by atoms with E-state index in [0.29, 0.717) is 5.25 Å². The lowest BCUT2D eigenvalue weighted by molar-refractivity contribution is 0.713. The minimum atomic E-state index is 0.594. The highest BCUT2D eigenvalue weighted by molar-refractivity contribution is 8.00. The first kappa shape index (κ1) is 11.9. The molecule has 0 aliphatic carbocycles. The molecule has 1 atom stereocenters. The second kappa shape index (κ2) is 6.33. The van der Waals surface area contributed by atoms with Gasteiger partial charge in [-0.3, -0.25) is 0 Å². The molecule has 1 rings (SSSR count). The van der Waals surface area contributed by atoms with Gasteiger partial charge in [0.1, 0.15) is 0 Å². The summed E-state index contributed by atoms with van der Waals surface area (Å²) < 4.78 is 0. The Hall–Kier alpha value is -0.180. The van der Waals surface area contributed by atoms with Crippen molar-refractivity contribution in [1.82, 2.24) is 5.32 Å². The number of nitrogens with one attached hydrogen (secondary N) is 1. The van der Waals surface area contributed by atoms with Gasteiger partial charge in [-0.25, -0.2) is 0 Å². The van der Waals surface area contributed by atoms with E-state index >= 15 is 0 Å². The van der Waals surface area contributed by atoms with E-state index in [2.05, 4.69) is 31.3 Å². The third-order valence-electron chi connectivity index (χ3n) is 1.83. The molecule has 0 spiro atoms. The third kappa shape index (κ3) is 4.36. The van der Waals surface area contributed by atoms with Crippen LogP contribution >= 0.6 is 23.4 Å². The lowest BCUT2D eigenvalue weighted by atomic mass is 10.4. The molecule has 14 heavy (non-hydrogen) atoms. The van der Waals surface area contributed by atoms with Gasteiger partial charge >= 0.3 is 0 Å². The monoisotopic (exact) mass is 229 g/mol. The zero-order chi connectivity index (χ0) is 10.4. The largest absolute Gasteiger partial charge is 0.316 e. The Bertz CT molecular complexity index is 260. The van der Waals surface area contributed by atoms with Crippen LogP contribution in [0, 0.1) is 0 Å². The molecule has 78 valence electrons. The smallest absolute Gasteiger partial charge is 0.0406 e. The summed E-state index contributed by atoms with van der Waals surface area (Å²) in [4.78, 5) is 1.28. The summed E-state index contributed by atoms with van der Waals surface area (Å²) in [5.41, 5.74) is 0. The molecule has 3 heteroatoms. The van der Waals surface area contributed by atoms with Crippen LogP contribution in [-0.2, 0) is 0 Å². The average molecular weight is 230 g/mol. The van der Waals surface area contributed by atoms with Crippen LogP contribution in [0.4, 0.5) is 0 Å². The van der Waals surface area contributed by atoms with Crippen molar-refractivity contribution in [3.05, 3.63) is 29.3 Å². The van der Waals surface area contributed by atoms with Gasteiger partial charge in [-0.1, -0.05) is 25.4 Å². The van der Waals surface area contributed by atoms with Crippen LogP contribution in [0.25, 0.3) is 0 Å². The fourth-order valence-corrected chi connectivity index (χ4v) is 2.22. The van der Waals surface area contributed by atoms with E-state index in [1.807, 2.05) is 23.9 Å². The molecule has 0 saturated heterocycles. The van der Waals surface area contributed by atoms with Gasteiger partial charge in [-0.2, -0.15) is 0 Å². The molecule has 0 radical (unpaired) electrons. The van der Waals surface area contributed by atoms with Crippen molar-refractivity contribution in [2.75, 3.05) is 13.1 Å². The fraction of sp³-hybridized carbons (Fsp3) is 0.455. The summed E-state index contributed by atoms with van der Waals surface area (Å²) >= 11 is 7.68. The number of benzene rings is 1. The topological polar surface area (TPSA) is 12.0 Å². The summed E-state index contributed by atoms with van der Waals surface area (Å²) in [5.74, 6) is 0. The molecule has 0 amide bonds. The molecule has 1 nitrogen and oxygen atoms in total. The van der Waals surface area contributed by atoms with Crippen LogP contribution in [-0.4, -0.2) is 18.3 Å². The lowest BCUT2D eigenvalue weighted by Gasteiger charge is -2.11. The number of hydrogen-bond donors (Lipinski definition) is 1. The maximum Gasteiger partial charge on any atom is 0.0406 e. The average Bonchev–Trinajstić information content (AvgIpc) is 2.18. The van der Waals surface area contributed by atoms with Crippen LogP contribution in [0.15, 0.2) is 29.2 Å². The molecule has 0 heterocycles. The van der Waals surface area contributed by atoms with Gasteiger partial charge in [0.25, 0.3) is 0 Å². The Morgan fingerprint density at radius 2 is 2.00 bits per heavy atom. The van der Waals surface area contributed by atoms with E-state index in [1.54, 1.807) is 0 Å². The second-order valence-electron chi connectivity index (χ2n) is 3.19. The standard InChI is InChI=1S/C11H16ClNS/c1-3-13-8-9(2)14-11-6-4-10(12)5-7-11/h4-7,9,13H,3,8H2,1-2H3. The summed E-state index contributed by atoms with van der Waals surface area (Å²) in [7, 11) is 0. The lowest BCUT2D eigenvalue weighted by Crippen LogP contribution is -2.21. The minimum Gasteiger partial charge on any atom is -0.316 e. The molecular formula is C11H16ClNS. The molecular weight excluding hydrogens is 214 g/mol. The summed E-state index contributed by atoms with van der Waals surface area (Å²) in [6.45, 7) is 6.43. The zero-order valence-electron chi connectivity index (χ0n) is 8.59. The van der Waals surface area contributed by atoms with Gasteiger partial charge in [-0.15, -0.1) is 11.8 Å². The van der Waals surface area contributed by atoms with Gasteiger partial charge in [-0.05, 0) is 30.8 Å². The van der Waals surface area contributed by atoms with Gasteiger partial charge in [0, 0.05) is 21.7 Å². The van der Waals surface area contributed by atoms with Crippen molar-refractivity contribution in [2.24, 2.45) is 0 Å². The Morgan fingerprint density at radius 3 is 2.57 bits per heavy atom. The first-order chi connectivity index (χ1) is 6.72. The molecule has 0 bridgehead atoms. The van der Waals surface area contributed by atoms with E-state index in [-0.39, 0.29) is 0 Å². The summed E-state index contributed by atoms with van der Waals surface area (Å²) in [6.07, 6.45) is 0. The molecule has 0 aliphatic heterocycles. The predicted molar refractivity (Wildman–Crippen MR) is 65.3 cm³/mol. The predicted octanol–water partition coefficient (Wildman–Crippen LogP) is 3.43. The number of hydrogen-bond acceptors (Lipinski definition) is 2. The van der Waals surface area contributed by atoms with Crippen LogP contribution in [0.5, 0.6) is 0 Å². The normalized spacial score (nSPS) is 12.8. The first-order valence-corrected chi connectivity index (χ1v) is 6.11. The van der Waals surface area contributed by atoms with Gasteiger partial charge in [0.05, 0.1) is 0 Å². The Labute approximate surface area is 95.2 Å². The number of halogens is 1. The van der Waals surface area contributed by atoms with E-state index in [4.69, 9.17) is 11.6 Å². The highest BCUT2D eigenvalue weighted by atomic mass is 35.5. The molecule has 0 aromatic heterocycles. The van der Waals surface area contributed by atoms with Gasteiger partial charge in [0.2, 0.25) is 0 Å². The van der Waals surface area contributed by atoms with Crippen molar-refractivity contribution in [2.45, 2.75) is 24.0 Å². The van der Waals surface area contributed by atoms with Crippen LogP contribution in [0.2, 0.25) is 5.02 Å². The molecule has 1 aromatic rings. The summed E-state index contributed by atoms with van der Waals surface area (Å²) in [6, 6.07) is 8.00. The Morgan fingerprint density at radius 1 is 1.36 bits per heavy atom. The minimum absolute atomic E-state index is 0.594. The van der Waals surface area contributed by atoms with E-state index in [1.165, 1.54) is 4.90 Å². The van der Waals surface area contributed by atoms with Gasteiger partial charge < -0.3 is 5.32 Å². The van der Waals surface area contributed by atoms with Crippen LogP contribution < -0.4 is 5.32 Å². The highest BCUT2D eigenvalue weighted by Gasteiger charge is 2.02. The maximum atomic E-state index is 5.81. The molecule has 1 aromatic carbocycles. The molecule has 0 saturated carbocycles. The third-order valence-corrected chi connectivity index (χ3v) is 3.20. The fourth-order valence-electron chi connectivity index (χ4n) is 1.13. The highest BCUT2D eigenvalue weighted by Crippen LogP contribution is 2.24. The van der Waals surface area contributed by atoms with Crippen molar-refractivity contribution >= 4 is 23.4 Å². The van der Waals surface area contributed by atoms with Crippen molar-refractivity contribution in [3.8, 4) is 0 Å². The van der Waals surface area contributed by atoms with Crippen molar-refractivity contribution in [1.29, 1.82) is 0 Å². The Balaban J connectivity index is 2.39. The quantitative estimate of drug-likeness (QED) is 0.777. The molecule has 0 fully saturated rings. The molecule has 1 unspecified atom stereocenters. The second-order valence-corrected chi connectivity index (χ2v) is 5.14. The van der Waals surface area contributed by atoms with Crippen molar-refractivity contribution in [3.63, 3.8) is 0 Å². The molecule has 0 aliphatic rings. The van der Waals surface area contributed by atoms with E-state index in [0.717, 1.165) is 18.1 Å². The Kier molecular flexibility index (Phi) is 5.38. The van der Waals surface area contributed by atoms with Gasteiger partial charge in [0.15, 0.2) is 0 Å². The van der Waals surface area contributed by atoms with Crippen LogP contribution in [0.3, 0.4) is 0 Å². The van der Waals surface area contributed by atoms with E-state index in [9.17, 15) is 0 Å². The van der Waals surface area contributed by atoms with Crippen LogP contribution in [0.1, 0.15) is 13.8 Å². The number of thioether (sulfide) groups is 1. The first-order valence-electron chi connectivity index (χ1n) is 4.85. The SMILES string of the molecule is CCNCC(C)Sc1ccc(Cl)cc1. The van der Waals surface area contributed by atoms with E-state index < -0.39 is 0 Å². The maximum absolute atomic E-state index is 5.81. The zero-order valence-corrected chi connectivity index (χ0v) is 10.2. The summed E-state index contributed by atoms with van der Waals surface area (Å²) in [5, 5.41) is 4.73. The molecule has 1 N–H and O–H groups in total.